The van der Waals surface area contributed by atoms with E-state index >= 15 is 0 Å². The molecular weight excluding hydrogens is 225 g/mol. The predicted molar refractivity (Wildman–Crippen MR) is 56.0 cm³/mol. The third-order valence-electron chi connectivity index (χ3n) is 2.89. The molecular formula is C10H17F3OS. The highest BCUT2D eigenvalue weighted by Gasteiger charge is 2.37. The van der Waals surface area contributed by atoms with Crippen molar-refractivity contribution in [1.82, 2.24) is 0 Å². The van der Waals surface area contributed by atoms with Gasteiger partial charge in [0.15, 0.2) is 0 Å². The summed E-state index contributed by atoms with van der Waals surface area (Å²) in [5.41, 5.74) is 0. The molecule has 1 rings (SSSR count). The zero-order chi connectivity index (χ0) is 11.5. The Kier molecular flexibility index (Phi) is 4.35. The van der Waals surface area contributed by atoms with Crippen LogP contribution in [-0.2, 0) is 0 Å². The molecule has 0 amide bonds. The number of aliphatic hydroxyl groups excluding tert-OH is 1. The van der Waals surface area contributed by atoms with Gasteiger partial charge in [0, 0.05) is 11.2 Å². The number of alkyl halides is 3. The Labute approximate surface area is 92.4 Å². The summed E-state index contributed by atoms with van der Waals surface area (Å²) in [4.78, 5) is 0. The molecule has 1 saturated heterocycles. The van der Waals surface area contributed by atoms with Crippen LogP contribution in [-0.4, -0.2) is 27.9 Å². The van der Waals surface area contributed by atoms with Gasteiger partial charge in [-0.05, 0) is 38.4 Å². The van der Waals surface area contributed by atoms with Gasteiger partial charge in [0.05, 0.1) is 6.10 Å². The molecule has 5 heteroatoms. The fourth-order valence-corrected chi connectivity index (χ4v) is 3.22. The van der Waals surface area contributed by atoms with Crippen LogP contribution in [0.15, 0.2) is 0 Å². The van der Waals surface area contributed by atoms with Crippen molar-refractivity contribution in [3.8, 4) is 0 Å². The highest BCUT2D eigenvalue weighted by molar-refractivity contribution is 8.00. The molecule has 1 heterocycles. The summed E-state index contributed by atoms with van der Waals surface area (Å²) in [5.74, 6) is 1.01. The lowest BCUT2D eigenvalue weighted by atomic mass is 9.94. The first kappa shape index (κ1) is 13.2. The molecule has 0 aromatic heterocycles. The lowest BCUT2D eigenvalue weighted by molar-refractivity contribution is -0.136. The first-order valence-corrected chi connectivity index (χ1v) is 6.21. The van der Waals surface area contributed by atoms with Crippen LogP contribution >= 0.6 is 11.8 Å². The molecule has 1 nitrogen and oxygen atoms in total. The van der Waals surface area contributed by atoms with Crippen molar-refractivity contribution in [2.45, 2.75) is 56.1 Å². The summed E-state index contributed by atoms with van der Waals surface area (Å²) >= 11 is 1.68. The molecule has 0 saturated carbocycles. The minimum atomic E-state index is -4.09. The van der Waals surface area contributed by atoms with Crippen LogP contribution in [0.3, 0.4) is 0 Å². The molecule has 2 atom stereocenters. The first-order chi connectivity index (χ1) is 6.83. The van der Waals surface area contributed by atoms with Gasteiger partial charge in [0.2, 0.25) is 0 Å². The van der Waals surface area contributed by atoms with E-state index in [9.17, 15) is 18.3 Å². The molecule has 90 valence electrons. The van der Waals surface area contributed by atoms with E-state index in [2.05, 4.69) is 0 Å². The maximum atomic E-state index is 11.9. The summed E-state index contributed by atoms with van der Waals surface area (Å²) in [6.07, 6.45) is -3.24. The van der Waals surface area contributed by atoms with E-state index in [-0.39, 0.29) is 17.6 Å². The predicted octanol–water partition coefficient (Wildman–Crippen LogP) is 3.37. The summed E-state index contributed by atoms with van der Waals surface area (Å²) in [6, 6.07) is 0. The summed E-state index contributed by atoms with van der Waals surface area (Å²) < 4.78 is 35.5. The smallest absolute Gasteiger partial charge is 0.389 e. The lowest BCUT2D eigenvalue weighted by Gasteiger charge is -2.29. The van der Waals surface area contributed by atoms with Crippen LogP contribution in [0.2, 0.25) is 0 Å². The topological polar surface area (TPSA) is 20.2 Å². The Morgan fingerprint density at radius 2 is 2.13 bits per heavy atom. The number of thioether (sulfide) groups is 1. The Bertz CT molecular complexity index is 199. The Morgan fingerprint density at radius 1 is 1.47 bits per heavy atom. The largest absolute Gasteiger partial charge is 0.392 e. The zero-order valence-electron chi connectivity index (χ0n) is 8.81. The fraction of sp³-hybridized carbons (Fsp3) is 1.00. The van der Waals surface area contributed by atoms with Crippen molar-refractivity contribution in [2.24, 2.45) is 0 Å². The molecule has 1 aliphatic rings. The fourth-order valence-electron chi connectivity index (χ4n) is 1.86. The minimum absolute atomic E-state index is 0.0286. The van der Waals surface area contributed by atoms with Gasteiger partial charge in [-0.1, -0.05) is 0 Å². The van der Waals surface area contributed by atoms with Gasteiger partial charge >= 0.3 is 6.18 Å². The van der Waals surface area contributed by atoms with Crippen molar-refractivity contribution in [2.75, 3.05) is 5.75 Å². The van der Waals surface area contributed by atoms with Gasteiger partial charge < -0.3 is 5.11 Å². The quantitative estimate of drug-likeness (QED) is 0.815. The Balaban J connectivity index is 2.26. The number of aliphatic hydroxyl groups is 1. The van der Waals surface area contributed by atoms with Crippen molar-refractivity contribution in [3.05, 3.63) is 0 Å². The van der Waals surface area contributed by atoms with Crippen LogP contribution in [0.25, 0.3) is 0 Å². The van der Waals surface area contributed by atoms with E-state index in [4.69, 9.17) is 0 Å². The second kappa shape index (κ2) is 4.95. The van der Waals surface area contributed by atoms with E-state index in [1.165, 1.54) is 0 Å². The summed E-state index contributed by atoms with van der Waals surface area (Å²) in [7, 11) is 0. The standard InChI is InChI=1S/C10H17F3OS/c1-9(5-3-7-15-9)8(14)4-2-6-10(11,12)13/h8,14H,2-7H2,1H3. The molecule has 1 N–H and O–H groups in total. The molecule has 0 aromatic rings. The molecule has 0 aromatic carbocycles. The highest BCUT2D eigenvalue weighted by atomic mass is 32.2. The van der Waals surface area contributed by atoms with Crippen LogP contribution in [0.4, 0.5) is 13.2 Å². The van der Waals surface area contributed by atoms with E-state index in [1.807, 2.05) is 6.92 Å². The maximum Gasteiger partial charge on any atom is 0.389 e. The molecule has 0 bridgehead atoms. The van der Waals surface area contributed by atoms with Crippen LogP contribution in [0.5, 0.6) is 0 Å². The van der Waals surface area contributed by atoms with Crippen molar-refractivity contribution in [1.29, 1.82) is 0 Å². The molecule has 15 heavy (non-hydrogen) atoms. The molecule has 1 fully saturated rings. The molecule has 2 unspecified atom stereocenters. The minimum Gasteiger partial charge on any atom is -0.392 e. The van der Waals surface area contributed by atoms with Crippen molar-refractivity contribution >= 4 is 11.8 Å². The zero-order valence-corrected chi connectivity index (χ0v) is 9.63. The number of rotatable bonds is 4. The monoisotopic (exact) mass is 242 g/mol. The maximum absolute atomic E-state index is 11.9. The number of hydrogen-bond donors (Lipinski definition) is 1. The summed E-state index contributed by atoms with van der Waals surface area (Å²) in [5, 5.41) is 9.82. The van der Waals surface area contributed by atoms with Gasteiger partial charge in [0.1, 0.15) is 0 Å². The number of hydrogen-bond acceptors (Lipinski definition) is 2. The average molecular weight is 242 g/mol. The summed E-state index contributed by atoms with van der Waals surface area (Å²) in [6.45, 7) is 1.95. The lowest BCUT2D eigenvalue weighted by Crippen LogP contribution is -2.33. The van der Waals surface area contributed by atoms with Gasteiger partial charge in [-0.2, -0.15) is 24.9 Å². The second-order valence-corrected chi connectivity index (χ2v) is 5.92. The van der Waals surface area contributed by atoms with Gasteiger partial charge in [-0.15, -0.1) is 0 Å². The normalized spacial score (nSPS) is 29.4. The van der Waals surface area contributed by atoms with E-state index < -0.39 is 18.7 Å². The molecule has 0 spiro atoms. The van der Waals surface area contributed by atoms with Gasteiger partial charge in [-0.25, -0.2) is 0 Å². The van der Waals surface area contributed by atoms with Gasteiger partial charge in [0.25, 0.3) is 0 Å². The van der Waals surface area contributed by atoms with E-state index in [0.29, 0.717) is 0 Å². The Hall–Kier alpha value is 0.100. The number of halogens is 3. The third-order valence-corrected chi connectivity index (χ3v) is 4.52. The second-order valence-electron chi connectivity index (χ2n) is 4.29. The van der Waals surface area contributed by atoms with E-state index in [0.717, 1.165) is 18.6 Å². The van der Waals surface area contributed by atoms with Crippen molar-refractivity contribution < 1.29 is 18.3 Å². The molecule has 1 aliphatic heterocycles. The third kappa shape index (κ3) is 4.23. The SMILES string of the molecule is CC1(C(O)CCCC(F)(F)F)CCCS1. The average Bonchev–Trinajstić information content (AvgIpc) is 2.51. The highest BCUT2D eigenvalue weighted by Crippen LogP contribution is 2.42. The van der Waals surface area contributed by atoms with E-state index in [1.54, 1.807) is 11.8 Å². The van der Waals surface area contributed by atoms with Crippen LogP contribution in [0, 0.1) is 0 Å². The van der Waals surface area contributed by atoms with Gasteiger partial charge in [-0.3, -0.25) is 0 Å². The Morgan fingerprint density at radius 3 is 2.60 bits per heavy atom. The molecule has 0 radical (unpaired) electrons. The van der Waals surface area contributed by atoms with Crippen LogP contribution in [0.1, 0.15) is 39.0 Å². The van der Waals surface area contributed by atoms with Crippen molar-refractivity contribution in [3.63, 3.8) is 0 Å². The molecule has 0 aliphatic carbocycles. The first-order valence-electron chi connectivity index (χ1n) is 5.22. The van der Waals surface area contributed by atoms with Crippen LogP contribution < -0.4 is 0 Å².